The van der Waals surface area contributed by atoms with Gasteiger partial charge in [-0.3, -0.25) is 14.1 Å². The Morgan fingerprint density at radius 1 is 0.800 bits per heavy atom. The fourth-order valence-electron chi connectivity index (χ4n) is 0.415. The number of hydrogen-bond acceptors (Lipinski definition) is 0. The zero-order valence-electron chi connectivity index (χ0n) is 4.99. The molecule has 0 atom stereocenters. The van der Waals surface area contributed by atoms with Gasteiger partial charge in [0.05, 0.1) is 0 Å². The normalized spacial score (nSPS) is 6.10. The van der Waals surface area contributed by atoms with Gasteiger partial charge in [-0.15, -0.1) is 0 Å². The van der Waals surface area contributed by atoms with E-state index in [1.807, 2.05) is 0 Å². The Hall–Kier alpha value is -1.06. The molecule has 4 heteroatoms. The second-order valence-corrected chi connectivity index (χ2v) is 1.30. The van der Waals surface area contributed by atoms with E-state index in [1.54, 1.807) is 18.2 Å². The van der Waals surface area contributed by atoms with E-state index in [2.05, 4.69) is 0 Å². The third-order valence-corrected chi connectivity index (χ3v) is 0.733. The molecule has 10 heavy (non-hydrogen) atoms. The van der Waals surface area contributed by atoms with Gasteiger partial charge in [-0.05, 0) is 12.1 Å². The number of benzene rings is 1. The molecule has 60 valence electrons. The molecule has 0 radical (unpaired) electrons. The van der Waals surface area contributed by atoms with Crippen molar-refractivity contribution in [2.45, 2.75) is 0 Å². The molecule has 0 amide bonds. The molecule has 0 aromatic heterocycles. The highest BCUT2D eigenvalue weighted by atomic mass is 19.1. The minimum absolute atomic E-state index is 0. The molecule has 0 N–H and O–H groups in total. The van der Waals surface area contributed by atoms with Gasteiger partial charge < -0.3 is 0 Å². The summed E-state index contributed by atoms with van der Waals surface area (Å²) in [6, 6.07) is 7.94. The summed E-state index contributed by atoms with van der Waals surface area (Å²) in [5.74, 6) is -0.178. The van der Waals surface area contributed by atoms with Crippen LogP contribution in [0.5, 0.6) is 0 Å². The van der Waals surface area contributed by atoms with Gasteiger partial charge >= 0.3 is 0 Å². The van der Waals surface area contributed by atoms with E-state index in [4.69, 9.17) is 0 Å². The van der Waals surface area contributed by atoms with Crippen LogP contribution in [-0.2, 0) is 0 Å². The van der Waals surface area contributed by atoms with Crippen LogP contribution < -0.4 is 0 Å². The Morgan fingerprint density at radius 3 is 1.40 bits per heavy atom. The molecule has 1 aromatic carbocycles. The lowest BCUT2D eigenvalue weighted by atomic mass is 10.4. The summed E-state index contributed by atoms with van der Waals surface area (Å²) in [7, 11) is 0. The van der Waals surface area contributed by atoms with Crippen LogP contribution >= 0.6 is 0 Å². The smallest absolute Gasteiger partial charge is 0.123 e. The molecule has 0 spiro atoms. The van der Waals surface area contributed by atoms with E-state index in [9.17, 15) is 4.39 Å². The second-order valence-electron chi connectivity index (χ2n) is 1.30. The predicted octanol–water partition coefficient (Wildman–Crippen LogP) is 2.28. The van der Waals surface area contributed by atoms with Crippen LogP contribution in [0.4, 0.5) is 18.5 Å². The van der Waals surface area contributed by atoms with Crippen molar-refractivity contribution in [3.8, 4) is 0 Å². The average molecular weight is 156 g/mol. The molecule has 0 heterocycles. The van der Waals surface area contributed by atoms with E-state index < -0.39 is 0 Å². The molecule has 0 unspecified atom stereocenters. The van der Waals surface area contributed by atoms with Crippen molar-refractivity contribution in [1.82, 2.24) is 0 Å². The Morgan fingerprint density at radius 2 is 1.20 bits per heavy atom. The van der Waals surface area contributed by atoms with Crippen molar-refractivity contribution in [2.75, 3.05) is 0 Å². The topological polar surface area (TPSA) is 0 Å². The summed E-state index contributed by atoms with van der Waals surface area (Å²) >= 11 is 0. The second kappa shape index (κ2) is 7.94. The summed E-state index contributed by atoms with van der Waals surface area (Å²) < 4.78 is 11.9. The van der Waals surface area contributed by atoms with E-state index in [1.165, 1.54) is 12.1 Å². The van der Waals surface area contributed by atoms with Gasteiger partial charge in [0, 0.05) is 0 Å². The Bertz CT molecular complexity index is 140. The Balaban J connectivity index is -0.000000163. The number of halogens is 4. The first-order valence-corrected chi connectivity index (χ1v) is 2.10. The predicted molar refractivity (Wildman–Crippen MR) is 33.9 cm³/mol. The standard InChI is InChI=1S/C6H5F.3FH/c7-6-4-2-1-3-5-6;;;/h1-5H;3*1H. The largest absolute Gasteiger partial charge is 0.269 e. The minimum Gasteiger partial charge on any atom is -0.269 e. The van der Waals surface area contributed by atoms with Gasteiger partial charge in [0.15, 0.2) is 0 Å². The third kappa shape index (κ3) is 5.08. The maximum absolute atomic E-state index is 11.9. The molecule has 0 bridgehead atoms. The van der Waals surface area contributed by atoms with Crippen molar-refractivity contribution < 1.29 is 18.5 Å². The van der Waals surface area contributed by atoms with Crippen molar-refractivity contribution in [2.24, 2.45) is 0 Å². The first-order chi connectivity index (χ1) is 3.39. The highest BCUT2D eigenvalue weighted by Gasteiger charge is 1.77. The van der Waals surface area contributed by atoms with Crippen LogP contribution in [0.2, 0.25) is 0 Å². The molecule has 0 nitrogen and oxygen atoms in total. The van der Waals surface area contributed by atoms with Crippen molar-refractivity contribution in [1.29, 1.82) is 0 Å². The van der Waals surface area contributed by atoms with Crippen LogP contribution in [0.25, 0.3) is 0 Å². The summed E-state index contributed by atoms with van der Waals surface area (Å²) in [6.07, 6.45) is 0. The molecular formula is C6H8F4. The summed E-state index contributed by atoms with van der Waals surface area (Å²) in [5, 5.41) is 0. The van der Waals surface area contributed by atoms with Crippen LogP contribution in [0, 0.1) is 5.82 Å². The van der Waals surface area contributed by atoms with E-state index in [-0.39, 0.29) is 19.9 Å². The van der Waals surface area contributed by atoms with Gasteiger partial charge in [0.1, 0.15) is 5.82 Å². The molecule has 0 saturated heterocycles. The third-order valence-electron chi connectivity index (χ3n) is 0.733. The highest BCUT2D eigenvalue weighted by molar-refractivity contribution is 5.02. The summed E-state index contributed by atoms with van der Waals surface area (Å²) in [4.78, 5) is 0. The first kappa shape index (κ1) is 16.0. The highest BCUT2D eigenvalue weighted by Crippen LogP contribution is 1.91. The van der Waals surface area contributed by atoms with E-state index in [0.717, 1.165) is 0 Å². The van der Waals surface area contributed by atoms with Gasteiger partial charge in [-0.25, -0.2) is 4.39 Å². The zero-order chi connectivity index (χ0) is 5.11. The molecular weight excluding hydrogens is 148 g/mol. The Kier molecular flexibility index (Phi) is 12.7. The van der Waals surface area contributed by atoms with E-state index in [0.29, 0.717) is 0 Å². The monoisotopic (exact) mass is 156 g/mol. The van der Waals surface area contributed by atoms with Crippen LogP contribution in [0.1, 0.15) is 0 Å². The first-order valence-electron chi connectivity index (χ1n) is 2.10. The maximum Gasteiger partial charge on any atom is 0.123 e. The van der Waals surface area contributed by atoms with Crippen LogP contribution in [-0.4, -0.2) is 0 Å². The maximum atomic E-state index is 11.9. The lowest BCUT2D eigenvalue weighted by Gasteiger charge is -1.78. The Labute approximate surface area is 55.8 Å². The van der Waals surface area contributed by atoms with E-state index >= 15 is 0 Å². The molecule has 0 saturated carbocycles. The quantitative estimate of drug-likeness (QED) is 0.505. The molecule has 1 rings (SSSR count). The molecule has 0 aliphatic carbocycles. The fourth-order valence-corrected chi connectivity index (χ4v) is 0.415. The number of hydrogen-bond donors (Lipinski definition) is 0. The SMILES string of the molecule is F.F.F.Fc1ccccc1. The average Bonchev–Trinajstić information content (AvgIpc) is 1.69. The summed E-state index contributed by atoms with van der Waals surface area (Å²) in [6.45, 7) is 0. The summed E-state index contributed by atoms with van der Waals surface area (Å²) in [5.41, 5.74) is 0. The lowest BCUT2D eigenvalue weighted by Crippen LogP contribution is -1.63. The molecule has 0 aliphatic heterocycles. The lowest BCUT2D eigenvalue weighted by molar-refractivity contribution is 0.628. The van der Waals surface area contributed by atoms with Gasteiger partial charge in [-0.1, -0.05) is 18.2 Å². The molecule has 0 fully saturated rings. The van der Waals surface area contributed by atoms with Gasteiger partial charge in [0.2, 0.25) is 0 Å². The van der Waals surface area contributed by atoms with Gasteiger partial charge in [0.25, 0.3) is 0 Å². The van der Waals surface area contributed by atoms with Crippen LogP contribution in [0.3, 0.4) is 0 Å². The van der Waals surface area contributed by atoms with Crippen LogP contribution in [0.15, 0.2) is 30.3 Å². The zero-order valence-corrected chi connectivity index (χ0v) is 4.99. The number of rotatable bonds is 0. The fraction of sp³-hybridized carbons (Fsp3) is 0. The van der Waals surface area contributed by atoms with Crippen molar-refractivity contribution in [3.63, 3.8) is 0 Å². The molecule has 0 aliphatic rings. The van der Waals surface area contributed by atoms with Crippen molar-refractivity contribution >= 4 is 0 Å². The van der Waals surface area contributed by atoms with Gasteiger partial charge in [-0.2, -0.15) is 0 Å². The molecule has 1 aromatic rings. The minimum atomic E-state index is -0.178. The van der Waals surface area contributed by atoms with Crippen molar-refractivity contribution in [3.05, 3.63) is 36.1 Å².